The predicted octanol–water partition coefficient (Wildman–Crippen LogP) is 6.40. The van der Waals surface area contributed by atoms with Crippen LogP contribution in [0.15, 0.2) is 12.2 Å². The van der Waals surface area contributed by atoms with Gasteiger partial charge in [-0.1, -0.05) is 70.9 Å². The Bertz CT molecular complexity index is 237. The largest absolute Gasteiger partial charge is 0.198 e. The van der Waals surface area contributed by atoms with Crippen molar-refractivity contribution in [3.8, 4) is 6.07 Å². The SMILES string of the molecule is CCCCCCCC(C)C/C=C/CCCCCC#N. The third kappa shape index (κ3) is 15.2. The predicted molar refractivity (Wildman–Crippen MR) is 85.0 cm³/mol. The van der Waals surface area contributed by atoms with Gasteiger partial charge < -0.3 is 0 Å². The van der Waals surface area contributed by atoms with Gasteiger partial charge in [0, 0.05) is 6.42 Å². The molecule has 1 heteroatoms. The second-order valence-electron chi connectivity index (χ2n) is 5.77. The molecule has 1 unspecified atom stereocenters. The zero-order valence-electron chi connectivity index (χ0n) is 13.2. The van der Waals surface area contributed by atoms with E-state index in [0.717, 1.165) is 18.8 Å². The van der Waals surface area contributed by atoms with Gasteiger partial charge in [0.1, 0.15) is 0 Å². The van der Waals surface area contributed by atoms with Crippen LogP contribution in [-0.4, -0.2) is 0 Å². The summed E-state index contributed by atoms with van der Waals surface area (Å²) in [6, 6.07) is 2.20. The van der Waals surface area contributed by atoms with E-state index in [1.54, 1.807) is 0 Å². The number of allylic oxidation sites excluding steroid dienone is 2. The van der Waals surface area contributed by atoms with Crippen LogP contribution in [-0.2, 0) is 0 Å². The van der Waals surface area contributed by atoms with Gasteiger partial charge in [-0.25, -0.2) is 0 Å². The van der Waals surface area contributed by atoms with Crippen LogP contribution < -0.4 is 0 Å². The zero-order valence-corrected chi connectivity index (χ0v) is 13.2. The molecule has 0 aliphatic rings. The molecule has 0 aliphatic carbocycles. The molecule has 0 heterocycles. The highest BCUT2D eigenvalue weighted by atomic mass is 14.2. The third-order valence-corrected chi connectivity index (χ3v) is 3.66. The molecule has 0 saturated carbocycles. The van der Waals surface area contributed by atoms with E-state index in [-0.39, 0.29) is 0 Å². The van der Waals surface area contributed by atoms with Crippen molar-refractivity contribution in [3.63, 3.8) is 0 Å². The molecule has 0 spiro atoms. The summed E-state index contributed by atoms with van der Waals surface area (Å²) in [6.07, 6.45) is 19.7. The van der Waals surface area contributed by atoms with Crippen molar-refractivity contribution in [2.24, 2.45) is 5.92 Å². The lowest BCUT2D eigenvalue weighted by molar-refractivity contribution is 0.489. The average molecular weight is 263 g/mol. The molecule has 19 heavy (non-hydrogen) atoms. The van der Waals surface area contributed by atoms with Gasteiger partial charge in [-0.2, -0.15) is 5.26 Å². The van der Waals surface area contributed by atoms with E-state index in [9.17, 15) is 0 Å². The highest BCUT2D eigenvalue weighted by Crippen LogP contribution is 2.15. The highest BCUT2D eigenvalue weighted by molar-refractivity contribution is 4.83. The number of rotatable bonds is 13. The molecule has 0 aromatic heterocycles. The summed E-state index contributed by atoms with van der Waals surface area (Å²) < 4.78 is 0. The van der Waals surface area contributed by atoms with Crippen LogP contribution in [0.1, 0.15) is 90.9 Å². The van der Waals surface area contributed by atoms with Gasteiger partial charge in [-0.05, 0) is 31.6 Å². The van der Waals surface area contributed by atoms with Gasteiger partial charge in [-0.15, -0.1) is 0 Å². The Hall–Kier alpha value is -0.770. The minimum absolute atomic E-state index is 0.721. The van der Waals surface area contributed by atoms with E-state index in [0.29, 0.717) is 0 Å². The van der Waals surface area contributed by atoms with Crippen LogP contribution in [0.5, 0.6) is 0 Å². The van der Waals surface area contributed by atoms with Gasteiger partial charge in [0.05, 0.1) is 6.07 Å². The summed E-state index contributed by atoms with van der Waals surface area (Å²) in [4.78, 5) is 0. The van der Waals surface area contributed by atoms with Crippen LogP contribution in [0.4, 0.5) is 0 Å². The van der Waals surface area contributed by atoms with Crippen molar-refractivity contribution < 1.29 is 0 Å². The molecule has 0 aromatic carbocycles. The van der Waals surface area contributed by atoms with Crippen LogP contribution in [0, 0.1) is 17.2 Å². The van der Waals surface area contributed by atoms with Crippen LogP contribution in [0.25, 0.3) is 0 Å². The lowest BCUT2D eigenvalue weighted by Gasteiger charge is -2.08. The Morgan fingerprint density at radius 3 is 2.42 bits per heavy atom. The zero-order chi connectivity index (χ0) is 14.2. The maximum absolute atomic E-state index is 8.42. The van der Waals surface area contributed by atoms with Gasteiger partial charge in [-0.3, -0.25) is 0 Å². The van der Waals surface area contributed by atoms with E-state index in [1.165, 1.54) is 64.2 Å². The standard InChI is InChI=1S/C18H33N/c1-3-4-5-9-12-15-18(2)16-13-10-7-6-8-11-14-17-19/h10,13,18H,3-9,11-12,14-16H2,1-2H3/b13-10+. The first-order chi connectivity index (χ1) is 9.31. The minimum Gasteiger partial charge on any atom is -0.198 e. The van der Waals surface area contributed by atoms with Crippen LogP contribution in [0.2, 0.25) is 0 Å². The summed E-state index contributed by atoms with van der Waals surface area (Å²) >= 11 is 0. The summed E-state index contributed by atoms with van der Waals surface area (Å²) in [5.41, 5.74) is 0. The fraction of sp³-hybridized carbons (Fsp3) is 0.833. The first-order valence-corrected chi connectivity index (χ1v) is 8.33. The van der Waals surface area contributed by atoms with Gasteiger partial charge in [0.2, 0.25) is 0 Å². The Labute approximate surface area is 121 Å². The minimum atomic E-state index is 0.721. The molecule has 0 radical (unpaired) electrons. The Morgan fingerprint density at radius 2 is 1.68 bits per heavy atom. The van der Waals surface area contributed by atoms with E-state index < -0.39 is 0 Å². The number of hydrogen-bond donors (Lipinski definition) is 0. The first-order valence-electron chi connectivity index (χ1n) is 8.33. The second kappa shape index (κ2) is 15.3. The highest BCUT2D eigenvalue weighted by Gasteiger charge is 1.99. The lowest BCUT2D eigenvalue weighted by atomic mass is 9.99. The molecule has 0 rings (SSSR count). The molecular formula is C18H33N. The summed E-state index contributed by atoms with van der Waals surface area (Å²) in [5, 5.41) is 8.42. The number of nitrogens with zero attached hydrogens (tertiary/aromatic N) is 1. The molecule has 0 bridgehead atoms. The molecule has 110 valence electrons. The first kappa shape index (κ1) is 18.2. The number of unbranched alkanes of at least 4 members (excludes halogenated alkanes) is 8. The molecule has 0 aromatic rings. The van der Waals surface area contributed by atoms with Crippen molar-refractivity contribution in [1.82, 2.24) is 0 Å². The number of hydrogen-bond acceptors (Lipinski definition) is 1. The van der Waals surface area contributed by atoms with E-state index >= 15 is 0 Å². The van der Waals surface area contributed by atoms with Gasteiger partial charge >= 0.3 is 0 Å². The molecule has 0 saturated heterocycles. The molecule has 1 atom stereocenters. The Balaban J connectivity index is 3.26. The lowest BCUT2D eigenvalue weighted by Crippen LogP contribution is -1.92. The fourth-order valence-corrected chi connectivity index (χ4v) is 2.30. The van der Waals surface area contributed by atoms with Gasteiger partial charge in [0.25, 0.3) is 0 Å². The maximum atomic E-state index is 8.42. The second-order valence-corrected chi connectivity index (χ2v) is 5.77. The molecular weight excluding hydrogens is 230 g/mol. The molecule has 0 N–H and O–H groups in total. The monoisotopic (exact) mass is 263 g/mol. The summed E-state index contributed by atoms with van der Waals surface area (Å²) in [5.74, 6) is 0.844. The van der Waals surface area contributed by atoms with E-state index in [2.05, 4.69) is 32.1 Å². The van der Waals surface area contributed by atoms with Crippen LogP contribution >= 0.6 is 0 Å². The van der Waals surface area contributed by atoms with Crippen LogP contribution in [0.3, 0.4) is 0 Å². The average Bonchev–Trinajstić information content (AvgIpc) is 2.41. The normalized spacial score (nSPS) is 12.7. The van der Waals surface area contributed by atoms with Crippen molar-refractivity contribution in [3.05, 3.63) is 12.2 Å². The molecule has 0 amide bonds. The van der Waals surface area contributed by atoms with Crippen molar-refractivity contribution in [1.29, 1.82) is 5.26 Å². The molecule has 0 aliphatic heterocycles. The topological polar surface area (TPSA) is 23.8 Å². The van der Waals surface area contributed by atoms with E-state index in [1.807, 2.05) is 0 Å². The van der Waals surface area contributed by atoms with E-state index in [4.69, 9.17) is 5.26 Å². The third-order valence-electron chi connectivity index (χ3n) is 3.66. The number of nitriles is 1. The quantitative estimate of drug-likeness (QED) is 0.278. The fourth-order valence-electron chi connectivity index (χ4n) is 2.30. The maximum Gasteiger partial charge on any atom is 0.0621 e. The van der Waals surface area contributed by atoms with Crippen molar-refractivity contribution >= 4 is 0 Å². The summed E-state index contributed by atoms with van der Waals surface area (Å²) in [6.45, 7) is 4.64. The van der Waals surface area contributed by atoms with Crippen molar-refractivity contribution in [2.75, 3.05) is 0 Å². The molecule has 0 fully saturated rings. The van der Waals surface area contributed by atoms with Gasteiger partial charge in [0.15, 0.2) is 0 Å². The summed E-state index contributed by atoms with van der Waals surface area (Å²) in [7, 11) is 0. The molecule has 1 nitrogen and oxygen atoms in total. The Morgan fingerprint density at radius 1 is 0.947 bits per heavy atom. The van der Waals surface area contributed by atoms with Crippen molar-refractivity contribution in [2.45, 2.75) is 90.9 Å². The Kier molecular flexibility index (Phi) is 14.7. The smallest absolute Gasteiger partial charge is 0.0621 e.